The smallest absolute Gasteiger partial charge is 0.225 e. The molecule has 0 unspecified atom stereocenters. The van der Waals surface area contributed by atoms with Gasteiger partial charge >= 0.3 is 0 Å². The zero-order valence-electron chi connectivity index (χ0n) is 11.8. The van der Waals surface area contributed by atoms with Crippen molar-refractivity contribution in [2.24, 2.45) is 11.8 Å². The Morgan fingerprint density at radius 3 is 2.58 bits per heavy atom. The van der Waals surface area contributed by atoms with Crippen molar-refractivity contribution in [3.63, 3.8) is 0 Å². The van der Waals surface area contributed by atoms with Gasteiger partial charge in [0.05, 0.1) is 0 Å². The number of hydrogen-bond donors (Lipinski definition) is 1. The second-order valence-corrected chi connectivity index (χ2v) is 7.52. The van der Waals surface area contributed by atoms with E-state index >= 15 is 0 Å². The van der Waals surface area contributed by atoms with Crippen molar-refractivity contribution in [3.05, 3.63) is 0 Å². The molecule has 1 atom stereocenters. The van der Waals surface area contributed by atoms with Crippen LogP contribution in [-0.4, -0.2) is 48.0 Å². The van der Waals surface area contributed by atoms with Crippen LogP contribution in [0, 0.1) is 11.8 Å². The molecule has 0 radical (unpaired) electrons. The Bertz CT molecular complexity index is 305. The summed E-state index contributed by atoms with van der Waals surface area (Å²) in [7, 11) is 0. The number of likely N-dealkylation sites (tertiary alicyclic amines) is 1. The van der Waals surface area contributed by atoms with Crippen molar-refractivity contribution in [1.82, 2.24) is 10.2 Å². The van der Waals surface area contributed by atoms with Crippen LogP contribution in [0.15, 0.2) is 0 Å². The van der Waals surface area contributed by atoms with Crippen molar-refractivity contribution in [1.29, 1.82) is 0 Å². The highest BCUT2D eigenvalue weighted by molar-refractivity contribution is 7.99. The van der Waals surface area contributed by atoms with Crippen LogP contribution in [-0.2, 0) is 4.79 Å². The first-order valence-electron chi connectivity index (χ1n) is 7.93. The van der Waals surface area contributed by atoms with E-state index in [0.717, 1.165) is 44.4 Å². The van der Waals surface area contributed by atoms with Gasteiger partial charge < -0.3 is 10.2 Å². The van der Waals surface area contributed by atoms with Gasteiger partial charge in [-0.3, -0.25) is 4.79 Å². The van der Waals surface area contributed by atoms with E-state index in [-0.39, 0.29) is 0 Å². The molecule has 108 valence electrons. The van der Waals surface area contributed by atoms with E-state index < -0.39 is 0 Å². The number of thioether (sulfide) groups is 1. The fraction of sp³-hybridized carbons (Fsp3) is 0.933. The van der Waals surface area contributed by atoms with Gasteiger partial charge in [0, 0.05) is 30.8 Å². The van der Waals surface area contributed by atoms with Gasteiger partial charge in [0.15, 0.2) is 0 Å². The summed E-state index contributed by atoms with van der Waals surface area (Å²) in [4.78, 5) is 14.1. The second kappa shape index (κ2) is 6.49. The van der Waals surface area contributed by atoms with Gasteiger partial charge in [-0.05, 0) is 56.7 Å². The molecule has 2 aliphatic heterocycles. The fourth-order valence-corrected chi connectivity index (χ4v) is 4.29. The molecule has 0 bridgehead atoms. The SMILES string of the molecule is O=C(C1CC1)N1CCC(CN[C@H]2CCCSC2)CC1. The number of carbonyl (C=O) groups excluding carboxylic acids is 1. The Kier molecular flexibility index (Phi) is 4.69. The van der Waals surface area contributed by atoms with Crippen LogP contribution in [0.1, 0.15) is 38.5 Å². The topological polar surface area (TPSA) is 32.3 Å². The first-order valence-corrected chi connectivity index (χ1v) is 9.08. The normalized spacial score (nSPS) is 29.5. The molecular weight excluding hydrogens is 256 g/mol. The van der Waals surface area contributed by atoms with Gasteiger partial charge in [0.2, 0.25) is 5.91 Å². The summed E-state index contributed by atoms with van der Waals surface area (Å²) in [6, 6.07) is 0.741. The molecule has 3 fully saturated rings. The molecule has 0 aromatic rings. The lowest BCUT2D eigenvalue weighted by molar-refractivity contribution is -0.133. The summed E-state index contributed by atoms with van der Waals surface area (Å²) in [6.07, 6.45) is 7.40. The van der Waals surface area contributed by atoms with Crippen molar-refractivity contribution < 1.29 is 4.79 Å². The molecule has 0 aromatic carbocycles. The van der Waals surface area contributed by atoms with Crippen LogP contribution < -0.4 is 5.32 Å². The van der Waals surface area contributed by atoms with E-state index in [1.807, 2.05) is 0 Å². The largest absolute Gasteiger partial charge is 0.342 e. The molecule has 4 heteroatoms. The highest BCUT2D eigenvalue weighted by atomic mass is 32.2. The monoisotopic (exact) mass is 282 g/mol. The third-order valence-corrected chi connectivity index (χ3v) is 5.92. The predicted molar refractivity (Wildman–Crippen MR) is 80.4 cm³/mol. The molecular formula is C15H26N2OS. The maximum atomic E-state index is 12.0. The summed E-state index contributed by atoms with van der Waals surface area (Å²) in [6.45, 7) is 3.17. The maximum Gasteiger partial charge on any atom is 0.225 e. The molecule has 2 heterocycles. The summed E-state index contributed by atoms with van der Waals surface area (Å²) in [5.41, 5.74) is 0. The van der Waals surface area contributed by atoms with Crippen LogP contribution in [0.3, 0.4) is 0 Å². The summed E-state index contributed by atoms with van der Waals surface area (Å²) < 4.78 is 0. The molecule has 1 aliphatic carbocycles. The third-order valence-electron chi connectivity index (χ3n) is 4.71. The van der Waals surface area contributed by atoms with Gasteiger partial charge in [-0.25, -0.2) is 0 Å². The van der Waals surface area contributed by atoms with Gasteiger partial charge in [-0.1, -0.05) is 0 Å². The average molecular weight is 282 g/mol. The van der Waals surface area contributed by atoms with E-state index in [2.05, 4.69) is 22.0 Å². The number of rotatable bonds is 4. The fourth-order valence-electron chi connectivity index (χ4n) is 3.18. The third kappa shape index (κ3) is 3.88. The van der Waals surface area contributed by atoms with E-state index in [1.54, 1.807) is 0 Å². The number of nitrogens with one attached hydrogen (secondary N) is 1. The molecule has 1 saturated carbocycles. The number of piperidine rings is 1. The molecule has 3 aliphatic rings. The highest BCUT2D eigenvalue weighted by Gasteiger charge is 2.34. The van der Waals surface area contributed by atoms with Gasteiger partial charge in [-0.15, -0.1) is 0 Å². The molecule has 2 saturated heterocycles. The lowest BCUT2D eigenvalue weighted by Crippen LogP contribution is -2.43. The predicted octanol–water partition coefficient (Wildman–Crippen LogP) is 2.12. The standard InChI is InChI=1S/C15H26N2OS/c18-15(13-3-4-13)17-7-5-12(6-8-17)10-16-14-2-1-9-19-11-14/h12-14,16H,1-11H2/t14-/m0/s1. The first-order chi connectivity index (χ1) is 9.33. The summed E-state index contributed by atoms with van der Waals surface area (Å²) >= 11 is 2.09. The minimum absolute atomic E-state index is 0.397. The van der Waals surface area contributed by atoms with E-state index in [9.17, 15) is 4.79 Å². The minimum Gasteiger partial charge on any atom is -0.342 e. The number of amides is 1. The summed E-state index contributed by atoms with van der Waals surface area (Å²) in [5.74, 6) is 4.26. The van der Waals surface area contributed by atoms with Crippen LogP contribution >= 0.6 is 11.8 Å². The van der Waals surface area contributed by atoms with Crippen molar-refractivity contribution in [2.45, 2.75) is 44.6 Å². The number of hydrogen-bond acceptors (Lipinski definition) is 3. The van der Waals surface area contributed by atoms with Crippen molar-refractivity contribution in [2.75, 3.05) is 31.1 Å². The zero-order valence-corrected chi connectivity index (χ0v) is 12.6. The van der Waals surface area contributed by atoms with Crippen molar-refractivity contribution in [3.8, 4) is 0 Å². The van der Waals surface area contributed by atoms with Crippen LogP contribution in [0.4, 0.5) is 0 Å². The molecule has 0 aromatic heterocycles. The van der Waals surface area contributed by atoms with Crippen LogP contribution in [0.2, 0.25) is 0 Å². The minimum atomic E-state index is 0.397. The highest BCUT2D eigenvalue weighted by Crippen LogP contribution is 2.32. The van der Waals surface area contributed by atoms with Gasteiger partial charge in [0.25, 0.3) is 0 Å². The Hall–Kier alpha value is -0.220. The Morgan fingerprint density at radius 1 is 1.16 bits per heavy atom. The molecule has 0 spiro atoms. The van der Waals surface area contributed by atoms with Crippen LogP contribution in [0.5, 0.6) is 0 Å². The van der Waals surface area contributed by atoms with E-state index in [4.69, 9.17) is 0 Å². The van der Waals surface area contributed by atoms with E-state index in [0.29, 0.717) is 11.8 Å². The zero-order chi connectivity index (χ0) is 13.1. The first kappa shape index (κ1) is 13.7. The number of nitrogens with zero attached hydrogens (tertiary/aromatic N) is 1. The van der Waals surface area contributed by atoms with Crippen molar-refractivity contribution >= 4 is 17.7 Å². The average Bonchev–Trinajstić information content (AvgIpc) is 3.31. The lowest BCUT2D eigenvalue weighted by atomic mass is 9.96. The maximum absolute atomic E-state index is 12.0. The lowest BCUT2D eigenvalue weighted by Gasteiger charge is -2.33. The Labute approximate surface area is 120 Å². The van der Waals surface area contributed by atoms with Gasteiger partial charge in [0.1, 0.15) is 0 Å². The molecule has 19 heavy (non-hydrogen) atoms. The van der Waals surface area contributed by atoms with Gasteiger partial charge in [-0.2, -0.15) is 11.8 Å². The molecule has 3 nitrogen and oxygen atoms in total. The van der Waals surface area contributed by atoms with Crippen LogP contribution in [0.25, 0.3) is 0 Å². The molecule has 1 N–H and O–H groups in total. The summed E-state index contributed by atoms with van der Waals surface area (Å²) in [5, 5.41) is 3.75. The quantitative estimate of drug-likeness (QED) is 0.857. The second-order valence-electron chi connectivity index (χ2n) is 6.37. The molecule has 3 rings (SSSR count). The Balaban J connectivity index is 1.34. The molecule has 1 amide bonds. The number of carbonyl (C=O) groups is 1. The Morgan fingerprint density at radius 2 is 1.95 bits per heavy atom. The van der Waals surface area contributed by atoms with E-state index in [1.165, 1.54) is 37.2 Å².